The molecule has 2 heterocycles. The van der Waals surface area contributed by atoms with Gasteiger partial charge in [-0.05, 0) is 60.4 Å². The molecule has 0 saturated carbocycles. The number of carbonyl (C=O) groups excluding carboxylic acids is 2. The number of benzene rings is 1. The minimum atomic E-state index is -0.947. The molecule has 1 aliphatic heterocycles. The SMILES string of the molecule is CCCCCC(O)c1ccc(N2C(=O)NC(=O)C2CCCc2ccsc2C(=O)O)cc1. The van der Waals surface area contributed by atoms with Crippen LogP contribution in [-0.4, -0.2) is 34.2 Å². The normalized spacial score (nSPS) is 17.1. The molecule has 1 aromatic carbocycles. The Kier molecular flexibility index (Phi) is 7.81. The van der Waals surface area contributed by atoms with Gasteiger partial charge in [0.1, 0.15) is 10.9 Å². The van der Waals surface area contributed by atoms with Crippen molar-refractivity contribution < 1.29 is 24.6 Å². The largest absolute Gasteiger partial charge is 0.477 e. The molecule has 8 heteroatoms. The fourth-order valence-electron chi connectivity index (χ4n) is 3.88. The highest BCUT2D eigenvalue weighted by Crippen LogP contribution is 2.28. The highest BCUT2D eigenvalue weighted by atomic mass is 32.1. The van der Waals surface area contributed by atoms with Crippen LogP contribution in [0.15, 0.2) is 35.7 Å². The van der Waals surface area contributed by atoms with Crippen molar-refractivity contribution in [1.29, 1.82) is 0 Å². The predicted octanol–water partition coefficient (Wildman–Crippen LogP) is 4.51. The molecular weight excluding hydrogens is 416 g/mol. The molecule has 3 amide bonds. The number of amides is 3. The van der Waals surface area contributed by atoms with E-state index in [0.29, 0.717) is 36.2 Å². The van der Waals surface area contributed by atoms with E-state index < -0.39 is 24.1 Å². The van der Waals surface area contributed by atoms with Gasteiger partial charge in [0, 0.05) is 5.69 Å². The first-order chi connectivity index (χ1) is 14.9. The maximum atomic E-state index is 12.4. The fourth-order valence-corrected chi connectivity index (χ4v) is 4.67. The zero-order valence-electron chi connectivity index (χ0n) is 17.5. The number of unbranched alkanes of at least 4 members (excludes halogenated alkanes) is 2. The smallest absolute Gasteiger partial charge is 0.346 e. The number of nitrogens with one attached hydrogen (secondary N) is 1. The quantitative estimate of drug-likeness (QED) is 0.349. The van der Waals surface area contributed by atoms with E-state index >= 15 is 0 Å². The molecule has 0 aliphatic carbocycles. The standard InChI is InChI=1S/C23H28N2O5S/c1-2-3-4-8-19(26)15-9-11-17(12-10-15)25-18(21(27)24-23(25)30)7-5-6-16-13-14-31-20(16)22(28)29/h9-14,18-19,26H,2-8H2,1H3,(H,28,29)(H,24,27,30). The second-order valence-corrected chi connectivity index (χ2v) is 8.67. The Morgan fingerprint density at radius 1 is 1.16 bits per heavy atom. The van der Waals surface area contributed by atoms with Crippen LogP contribution in [0.5, 0.6) is 0 Å². The molecule has 166 valence electrons. The number of aliphatic hydroxyl groups is 1. The van der Waals surface area contributed by atoms with E-state index in [1.54, 1.807) is 35.7 Å². The number of urea groups is 1. The van der Waals surface area contributed by atoms with E-state index in [4.69, 9.17) is 0 Å². The molecule has 0 radical (unpaired) electrons. The lowest BCUT2D eigenvalue weighted by atomic mass is 10.0. The third-order valence-corrected chi connectivity index (χ3v) is 6.51. The summed E-state index contributed by atoms with van der Waals surface area (Å²) in [5, 5.41) is 23.7. The number of aryl methyl sites for hydroxylation is 1. The Bertz CT molecular complexity index is 924. The highest BCUT2D eigenvalue weighted by Gasteiger charge is 2.38. The predicted molar refractivity (Wildman–Crippen MR) is 120 cm³/mol. The molecule has 3 rings (SSSR count). The summed E-state index contributed by atoms with van der Waals surface area (Å²) in [5.41, 5.74) is 2.14. The second-order valence-electron chi connectivity index (χ2n) is 7.76. The first kappa shape index (κ1) is 23.0. The molecule has 0 bridgehead atoms. The third-order valence-electron chi connectivity index (χ3n) is 5.57. The minimum absolute atomic E-state index is 0.317. The molecule has 1 aromatic heterocycles. The summed E-state index contributed by atoms with van der Waals surface area (Å²) in [6, 6.07) is 7.78. The average molecular weight is 445 g/mol. The molecule has 1 fully saturated rings. The number of hydrogen-bond acceptors (Lipinski definition) is 5. The Hall–Kier alpha value is -2.71. The fraction of sp³-hybridized carbons (Fsp3) is 0.435. The van der Waals surface area contributed by atoms with E-state index in [1.165, 1.54) is 16.2 Å². The van der Waals surface area contributed by atoms with Gasteiger partial charge in [0.15, 0.2) is 0 Å². The number of aromatic carboxylic acids is 1. The van der Waals surface area contributed by atoms with Crippen molar-refractivity contribution in [2.45, 2.75) is 64.0 Å². The van der Waals surface area contributed by atoms with Crippen molar-refractivity contribution in [3.63, 3.8) is 0 Å². The number of carbonyl (C=O) groups is 3. The maximum Gasteiger partial charge on any atom is 0.346 e. The lowest BCUT2D eigenvalue weighted by Crippen LogP contribution is -2.35. The molecule has 31 heavy (non-hydrogen) atoms. The number of anilines is 1. The summed E-state index contributed by atoms with van der Waals surface area (Å²) in [5.74, 6) is -1.30. The van der Waals surface area contributed by atoms with Gasteiger partial charge in [-0.3, -0.25) is 15.0 Å². The van der Waals surface area contributed by atoms with Gasteiger partial charge < -0.3 is 10.2 Å². The number of rotatable bonds is 11. The highest BCUT2D eigenvalue weighted by molar-refractivity contribution is 7.12. The summed E-state index contributed by atoms with van der Waals surface area (Å²) >= 11 is 1.18. The van der Waals surface area contributed by atoms with Gasteiger partial charge in [-0.1, -0.05) is 38.3 Å². The molecule has 2 atom stereocenters. The lowest BCUT2D eigenvalue weighted by molar-refractivity contribution is -0.120. The number of carboxylic acids is 1. The zero-order valence-corrected chi connectivity index (χ0v) is 18.4. The molecule has 7 nitrogen and oxygen atoms in total. The van der Waals surface area contributed by atoms with Crippen molar-refractivity contribution >= 4 is 34.9 Å². The molecule has 1 saturated heterocycles. The summed E-state index contributed by atoms with van der Waals surface area (Å²) in [4.78, 5) is 37.8. The minimum Gasteiger partial charge on any atom is -0.477 e. The average Bonchev–Trinajstić information content (AvgIpc) is 3.32. The van der Waals surface area contributed by atoms with Crippen LogP contribution >= 0.6 is 11.3 Å². The molecule has 0 spiro atoms. The van der Waals surface area contributed by atoms with Crippen LogP contribution in [0.2, 0.25) is 0 Å². The van der Waals surface area contributed by atoms with E-state index in [-0.39, 0.29) is 5.91 Å². The molecule has 2 unspecified atom stereocenters. The summed E-state index contributed by atoms with van der Waals surface area (Å²) in [7, 11) is 0. The van der Waals surface area contributed by atoms with Gasteiger partial charge in [0.25, 0.3) is 5.91 Å². The van der Waals surface area contributed by atoms with Crippen molar-refractivity contribution in [3.8, 4) is 0 Å². The Labute approximate surface area is 185 Å². The van der Waals surface area contributed by atoms with Crippen LogP contribution in [0.4, 0.5) is 10.5 Å². The van der Waals surface area contributed by atoms with E-state index in [9.17, 15) is 24.6 Å². The molecule has 3 N–H and O–H groups in total. The third kappa shape index (κ3) is 5.51. The molecule has 2 aromatic rings. The number of thiophene rings is 1. The topological polar surface area (TPSA) is 107 Å². The zero-order chi connectivity index (χ0) is 22.4. The first-order valence-electron chi connectivity index (χ1n) is 10.6. The van der Waals surface area contributed by atoms with Gasteiger partial charge in [0.2, 0.25) is 0 Å². The van der Waals surface area contributed by atoms with Gasteiger partial charge in [-0.2, -0.15) is 0 Å². The van der Waals surface area contributed by atoms with Crippen LogP contribution in [0.25, 0.3) is 0 Å². The number of hydrogen-bond donors (Lipinski definition) is 3. The van der Waals surface area contributed by atoms with Gasteiger partial charge >= 0.3 is 12.0 Å². The molecule has 1 aliphatic rings. The van der Waals surface area contributed by atoms with E-state index in [0.717, 1.165) is 30.4 Å². The van der Waals surface area contributed by atoms with Crippen molar-refractivity contribution in [2.75, 3.05) is 4.90 Å². The summed E-state index contributed by atoms with van der Waals surface area (Å²) in [6.45, 7) is 2.12. The van der Waals surface area contributed by atoms with E-state index in [1.807, 2.05) is 0 Å². The number of aliphatic hydroxyl groups excluding tert-OH is 1. The monoisotopic (exact) mass is 444 g/mol. The van der Waals surface area contributed by atoms with Crippen molar-refractivity contribution in [2.24, 2.45) is 0 Å². The number of imide groups is 1. The van der Waals surface area contributed by atoms with Crippen LogP contribution in [0.3, 0.4) is 0 Å². The van der Waals surface area contributed by atoms with Crippen LogP contribution in [0.1, 0.15) is 72.4 Å². The summed E-state index contributed by atoms with van der Waals surface area (Å²) in [6.07, 6.45) is 4.80. The van der Waals surface area contributed by atoms with Crippen molar-refractivity contribution in [1.82, 2.24) is 5.32 Å². The Morgan fingerprint density at radius 2 is 1.90 bits per heavy atom. The van der Waals surface area contributed by atoms with Gasteiger partial charge in [-0.15, -0.1) is 11.3 Å². The van der Waals surface area contributed by atoms with Crippen LogP contribution < -0.4 is 10.2 Å². The second kappa shape index (κ2) is 10.5. The van der Waals surface area contributed by atoms with E-state index in [2.05, 4.69) is 12.2 Å². The number of carboxylic acid groups (broad SMARTS) is 1. The van der Waals surface area contributed by atoms with Crippen molar-refractivity contribution in [3.05, 3.63) is 51.7 Å². The molecular formula is C23H28N2O5S. The number of nitrogens with zero attached hydrogens (tertiary/aromatic N) is 1. The van der Waals surface area contributed by atoms with Crippen LogP contribution in [-0.2, 0) is 11.2 Å². The van der Waals surface area contributed by atoms with Crippen LogP contribution in [0, 0.1) is 0 Å². The summed E-state index contributed by atoms with van der Waals surface area (Å²) < 4.78 is 0. The Balaban J connectivity index is 1.64. The lowest BCUT2D eigenvalue weighted by Gasteiger charge is -2.22. The van der Waals surface area contributed by atoms with Gasteiger partial charge in [-0.25, -0.2) is 9.59 Å². The Morgan fingerprint density at radius 3 is 2.58 bits per heavy atom. The van der Waals surface area contributed by atoms with Gasteiger partial charge in [0.05, 0.1) is 6.10 Å². The maximum absolute atomic E-state index is 12.4. The first-order valence-corrected chi connectivity index (χ1v) is 11.5.